The van der Waals surface area contributed by atoms with E-state index in [0.29, 0.717) is 31.5 Å². The van der Waals surface area contributed by atoms with Gasteiger partial charge in [0.15, 0.2) is 18.2 Å². The SMILES string of the molecule is O=C(Nc1ccc(Cl)c(Cl)c1)c1ccn(COc2c(Cl)cccc2Cl)n1. The molecule has 0 aliphatic carbocycles. The monoisotopic (exact) mass is 429 g/mol. The lowest BCUT2D eigenvalue weighted by Crippen LogP contribution is -2.14. The van der Waals surface area contributed by atoms with Crippen molar-refractivity contribution in [2.75, 3.05) is 5.32 Å². The fourth-order valence-corrected chi connectivity index (χ4v) is 2.88. The molecule has 0 saturated carbocycles. The van der Waals surface area contributed by atoms with E-state index in [-0.39, 0.29) is 12.4 Å². The van der Waals surface area contributed by atoms with Gasteiger partial charge in [0.25, 0.3) is 5.91 Å². The van der Waals surface area contributed by atoms with E-state index < -0.39 is 5.91 Å². The standard InChI is InChI=1S/C17H11Cl4N3O2/c18-11-5-4-10(8-14(11)21)22-17(25)15-6-7-24(23-15)9-26-16-12(19)2-1-3-13(16)20/h1-8H,9H2,(H,22,25). The largest absolute Gasteiger partial charge is 0.468 e. The van der Waals surface area contributed by atoms with Crippen molar-refractivity contribution >= 4 is 58.0 Å². The highest BCUT2D eigenvalue weighted by Crippen LogP contribution is 2.32. The quantitative estimate of drug-likeness (QED) is 0.557. The Bertz CT molecular complexity index is 939. The van der Waals surface area contributed by atoms with Crippen molar-refractivity contribution < 1.29 is 9.53 Å². The minimum Gasteiger partial charge on any atom is -0.468 e. The third-order valence-electron chi connectivity index (χ3n) is 3.31. The number of amides is 1. The van der Waals surface area contributed by atoms with Gasteiger partial charge < -0.3 is 10.1 Å². The van der Waals surface area contributed by atoms with Gasteiger partial charge in [-0.05, 0) is 36.4 Å². The van der Waals surface area contributed by atoms with Crippen LogP contribution in [-0.4, -0.2) is 15.7 Å². The molecule has 5 nitrogen and oxygen atoms in total. The zero-order valence-electron chi connectivity index (χ0n) is 13.0. The molecule has 0 bridgehead atoms. The van der Waals surface area contributed by atoms with Gasteiger partial charge in [-0.1, -0.05) is 52.5 Å². The summed E-state index contributed by atoms with van der Waals surface area (Å²) in [5, 5.41) is 8.38. The van der Waals surface area contributed by atoms with Gasteiger partial charge in [0.1, 0.15) is 0 Å². The highest BCUT2D eigenvalue weighted by atomic mass is 35.5. The van der Waals surface area contributed by atoms with E-state index in [0.717, 1.165) is 0 Å². The summed E-state index contributed by atoms with van der Waals surface area (Å²) in [4.78, 5) is 12.3. The number of anilines is 1. The van der Waals surface area contributed by atoms with E-state index in [1.807, 2.05) is 0 Å². The number of nitrogens with one attached hydrogen (secondary N) is 1. The second kappa shape index (κ2) is 8.18. The fourth-order valence-electron chi connectivity index (χ4n) is 2.07. The molecular formula is C17H11Cl4N3O2. The molecule has 0 aliphatic rings. The van der Waals surface area contributed by atoms with Gasteiger partial charge in [-0.15, -0.1) is 0 Å². The lowest BCUT2D eigenvalue weighted by molar-refractivity contribution is 0.102. The van der Waals surface area contributed by atoms with Crippen LogP contribution in [0.4, 0.5) is 5.69 Å². The van der Waals surface area contributed by atoms with Crippen molar-refractivity contribution in [1.82, 2.24) is 9.78 Å². The van der Waals surface area contributed by atoms with Crippen LogP contribution in [0.5, 0.6) is 5.75 Å². The summed E-state index contributed by atoms with van der Waals surface area (Å²) in [6.07, 6.45) is 1.61. The highest BCUT2D eigenvalue weighted by molar-refractivity contribution is 6.42. The Morgan fingerprint density at radius 2 is 1.73 bits per heavy atom. The van der Waals surface area contributed by atoms with E-state index in [9.17, 15) is 4.79 Å². The maximum atomic E-state index is 12.3. The number of aromatic nitrogens is 2. The molecule has 1 heterocycles. The van der Waals surface area contributed by atoms with E-state index in [1.54, 1.807) is 48.7 Å². The van der Waals surface area contributed by atoms with Crippen LogP contribution in [0.2, 0.25) is 20.1 Å². The number of carbonyl (C=O) groups is 1. The third kappa shape index (κ3) is 4.43. The maximum Gasteiger partial charge on any atom is 0.276 e. The normalized spacial score (nSPS) is 10.6. The summed E-state index contributed by atoms with van der Waals surface area (Å²) in [6, 6.07) is 11.4. The van der Waals surface area contributed by atoms with Crippen LogP contribution in [0.25, 0.3) is 0 Å². The van der Waals surface area contributed by atoms with Crippen molar-refractivity contribution in [1.29, 1.82) is 0 Å². The third-order valence-corrected chi connectivity index (χ3v) is 4.65. The molecule has 0 unspecified atom stereocenters. The van der Waals surface area contributed by atoms with Gasteiger partial charge in [-0.25, -0.2) is 4.68 Å². The van der Waals surface area contributed by atoms with Gasteiger partial charge in [0, 0.05) is 11.9 Å². The van der Waals surface area contributed by atoms with Crippen molar-refractivity contribution in [3.63, 3.8) is 0 Å². The van der Waals surface area contributed by atoms with Gasteiger partial charge in [0.2, 0.25) is 0 Å². The number of nitrogens with zero attached hydrogens (tertiary/aromatic N) is 2. The molecule has 0 atom stereocenters. The van der Waals surface area contributed by atoms with Crippen LogP contribution in [0.3, 0.4) is 0 Å². The van der Waals surface area contributed by atoms with Crippen molar-refractivity contribution in [3.8, 4) is 5.75 Å². The van der Waals surface area contributed by atoms with Crippen LogP contribution in [0.15, 0.2) is 48.7 Å². The molecule has 9 heteroatoms. The first-order valence-electron chi connectivity index (χ1n) is 7.30. The van der Waals surface area contributed by atoms with Gasteiger partial charge in [0.05, 0.1) is 20.1 Å². The first-order chi connectivity index (χ1) is 12.4. The summed E-state index contributed by atoms with van der Waals surface area (Å²) in [5.74, 6) is -0.0361. The Kier molecular flexibility index (Phi) is 5.94. The molecule has 1 amide bonds. The van der Waals surface area contributed by atoms with Crippen molar-refractivity contribution in [2.24, 2.45) is 0 Å². The summed E-state index contributed by atoms with van der Waals surface area (Å²) in [6.45, 7) is 0.0451. The van der Waals surface area contributed by atoms with Crippen LogP contribution >= 0.6 is 46.4 Å². The topological polar surface area (TPSA) is 56.2 Å². The Morgan fingerprint density at radius 3 is 2.42 bits per heavy atom. The summed E-state index contributed by atoms with van der Waals surface area (Å²) < 4.78 is 7.01. The van der Waals surface area contributed by atoms with E-state index in [4.69, 9.17) is 51.1 Å². The smallest absolute Gasteiger partial charge is 0.276 e. The molecule has 2 aromatic carbocycles. The van der Waals surface area contributed by atoms with Crippen molar-refractivity contribution in [2.45, 2.75) is 6.73 Å². The Balaban J connectivity index is 1.65. The average Bonchev–Trinajstić information content (AvgIpc) is 3.07. The molecule has 3 rings (SSSR count). The number of carbonyl (C=O) groups excluding carboxylic acids is 1. The van der Waals surface area contributed by atoms with Crippen LogP contribution in [0.1, 0.15) is 10.5 Å². The second-order valence-corrected chi connectivity index (χ2v) is 6.78. The molecule has 0 radical (unpaired) electrons. The second-order valence-electron chi connectivity index (χ2n) is 5.15. The lowest BCUT2D eigenvalue weighted by Gasteiger charge is -2.09. The Hall–Kier alpha value is -1.92. The predicted molar refractivity (Wildman–Crippen MR) is 104 cm³/mol. The molecule has 1 N–H and O–H groups in total. The summed E-state index contributed by atoms with van der Waals surface area (Å²) in [7, 11) is 0. The zero-order chi connectivity index (χ0) is 18.7. The molecule has 0 aliphatic heterocycles. The highest BCUT2D eigenvalue weighted by Gasteiger charge is 2.12. The maximum absolute atomic E-state index is 12.3. The molecule has 134 valence electrons. The van der Waals surface area contributed by atoms with E-state index in [2.05, 4.69) is 10.4 Å². The van der Waals surface area contributed by atoms with Gasteiger partial charge in [-0.2, -0.15) is 5.10 Å². The van der Waals surface area contributed by atoms with E-state index in [1.165, 1.54) is 4.68 Å². The molecule has 3 aromatic rings. The molecular weight excluding hydrogens is 420 g/mol. The summed E-state index contributed by atoms with van der Waals surface area (Å²) >= 11 is 23.9. The first-order valence-corrected chi connectivity index (χ1v) is 8.82. The molecule has 0 spiro atoms. The number of rotatable bonds is 5. The van der Waals surface area contributed by atoms with Crippen LogP contribution in [-0.2, 0) is 6.73 Å². The number of hydrogen-bond donors (Lipinski definition) is 1. The van der Waals surface area contributed by atoms with Crippen molar-refractivity contribution in [3.05, 3.63) is 74.4 Å². The first kappa shape index (κ1) is 18.9. The lowest BCUT2D eigenvalue weighted by atomic mass is 10.3. The number of halogens is 4. The number of hydrogen-bond acceptors (Lipinski definition) is 3. The van der Waals surface area contributed by atoms with Gasteiger partial charge in [-0.3, -0.25) is 4.79 Å². The van der Waals surface area contributed by atoms with E-state index >= 15 is 0 Å². The van der Waals surface area contributed by atoms with Gasteiger partial charge >= 0.3 is 0 Å². The number of para-hydroxylation sites is 1. The predicted octanol–water partition coefficient (Wildman–Crippen LogP) is 5.79. The molecule has 0 fully saturated rings. The average molecular weight is 431 g/mol. The fraction of sp³-hybridized carbons (Fsp3) is 0.0588. The summed E-state index contributed by atoms with van der Waals surface area (Å²) in [5.41, 5.74) is 0.725. The van der Waals surface area contributed by atoms with Crippen LogP contribution < -0.4 is 10.1 Å². The zero-order valence-corrected chi connectivity index (χ0v) is 16.1. The van der Waals surface area contributed by atoms with Crippen LogP contribution in [0, 0.1) is 0 Å². The Labute approximate surface area is 169 Å². The molecule has 26 heavy (non-hydrogen) atoms. The number of ether oxygens (including phenoxy) is 1. The number of benzene rings is 2. The minimum atomic E-state index is -0.391. The molecule has 1 aromatic heterocycles. The Morgan fingerprint density at radius 1 is 1.00 bits per heavy atom. The minimum absolute atomic E-state index is 0.0451. The molecule has 0 saturated heterocycles.